The van der Waals surface area contributed by atoms with E-state index in [0.29, 0.717) is 0 Å². The van der Waals surface area contributed by atoms with Crippen LogP contribution in [0.5, 0.6) is 0 Å². The number of rotatable bonds is 5. The van der Waals surface area contributed by atoms with Crippen molar-refractivity contribution in [3.8, 4) is 0 Å². The lowest BCUT2D eigenvalue weighted by atomic mass is 9.88. The molecule has 1 aliphatic rings. The fraction of sp³-hybridized carbons (Fsp3) is 0.769. The SMILES string of the molecule is C=C[C@H](C)[C@]1(C=O)CO[C@@](C)(OC)[C@](C)(OC)O1. The van der Waals surface area contributed by atoms with Gasteiger partial charge in [0.1, 0.15) is 0 Å². The number of carbonyl (C=O) groups excluding carboxylic acids is 1. The van der Waals surface area contributed by atoms with Crippen molar-refractivity contribution in [3.63, 3.8) is 0 Å². The molecular weight excluding hydrogens is 236 g/mol. The lowest BCUT2D eigenvalue weighted by Gasteiger charge is -2.53. The minimum Gasteiger partial charge on any atom is -0.349 e. The van der Waals surface area contributed by atoms with Gasteiger partial charge in [0.25, 0.3) is 0 Å². The zero-order valence-electron chi connectivity index (χ0n) is 11.7. The smallest absolute Gasteiger partial charge is 0.221 e. The molecule has 18 heavy (non-hydrogen) atoms. The standard InChI is InChI=1S/C13H22O5/c1-7-10(2)13(8-14)9-17-11(3,15-5)12(4,16-6)18-13/h7-8,10H,1,9H2,2-6H3/t10-,11+,12+,13-/m0/s1. The van der Waals surface area contributed by atoms with Gasteiger partial charge in [0.2, 0.25) is 11.6 Å². The van der Waals surface area contributed by atoms with E-state index in [2.05, 4.69) is 6.58 Å². The first-order valence-electron chi connectivity index (χ1n) is 5.86. The average Bonchev–Trinajstić information content (AvgIpc) is 2.41. The third kappa shape index (κ3) is 2.12. The van der Waals surface area contributed by atoms with E-state index < -0.39 is 17.2 Å². The zero-order valence-corrected chi connectivity index (χ0v) is 11.7. The van der Waals surface area contributed by atoms with Gasteiger partial charge in [0.15, 0.2) is 11.9 Å². The summed E-state index contributed by atoms with van der Waals surface area (Å²) in [6.45, 7) is 9.02. The van der Waals surface area contributed by atoms with E-state index in [-0.39, 0.29) is 12.5 Å². The summed E-state index contributed by atoms with van der Waals surface area (Å²) in [7, 11) is 2.99. The van der Waals surface area contributed by atoms with Gasteiger partial charge >= 0.3 is 0 Å². The highest BCUT2D eigenvalue weighted by Crippen LogP contribution is 2.42. The molecule has 104 valence electrons. The highest BCUT2D eigenvalue weighted by Gasteiger charge is 2.59. The third-order valence-corrected chi connectivity index (χ3v) is 3.89. The number of aldehydes is 1. The normalized spacial score (nSPS) is 42.3. The fourth-order valence-corrected chi connectivity index (χ4v) is 1.93. The molecule has 0 aliphatic carbocycles. The maximum absolute atomic E-state index is 11.4. The number of ether oxygens (including phenoxy) is 4. The van der Waals surface area contributed by atoms with Crippen molar-refractivity contribution in [2.75, 3.05) is 20.8 Å². The maximum atomic E-state index is 11.4. The van der Waals surface area contributed by atoms with E-state index in [1.807, 2.05) is 6.92 Å². The van der Waals surface area contributed by atoms with Gasteiger partial charge < -0.3 is 23.7 Å². The van der Waals surface area contributed by atoms with Crippen LogP contribution in [0.2, 0.25) is 0 Å². The molecule has 0 amide bonds. The quantitative estimate of drug-likeness (QED) is 0.553. The van der Waals surface area contributed by atoms with Crippen LogP contribution in [0.25, 0.3) is 0 Å². The van der Waals surface area contributed by atoms with E-state index in [1.54, 1.807) is 19.9 Å². The Hall–Kier alpha value is -0.750. The molecule has 5 heteroatoms. The summed E-state index contributed by atoms with van der Waals surface area (Å²) in [6.07, 6.45) is 2.40. The summed E-state index contributed by atoms with van der Waals surface area (Å²) < 4.78 is 22.3. The van der Waals surface area contributed by atoms with Gasteiger partial charge in [-0.1, -0.05) is 13.0 Å². The van der Waals surface area contributed by atoms with Gasteiger partial charge in [0.05, 0.1) is 6.61 Å². The molecule has 0 aromatic heterocycles. The van der Waals surface area contributed by atoms with Crippen LogP contribution >= 0.6 is 0 Å². The van der Waals surface area contributed by atoms with E-state index in [0.717, 1.165) is 6.29 Å². The average molecular weight is 258 g/mol. The molecule has 0 bridgehead atoms. The molecule has 1 saturated heterocycles. The molecule has 5 nitrogen and oxygen atoms in total. The van der Waals surface area contributed by atoms with E-state index in [1.165, 1.54) is 14.2 Å². The molecule has 1 rings (SSSR count). The van der Waals surface area contributed by atoms with Gasteiger partial charge in [-0.3, -0.25) is 0 Å². The van der Waals surface area contributed by atoms with Crippen molar-refractivity contribution < 1.29 is 23.7 Å². The summed E-state index contributed by atoms with van der Waals surface area (Å²) >= 11 is 0. The molecule has 0 unspecified atom stereocenters. The number of methoxy groups -OCH3 is 2. The maximum Gasteiger partial charge on any atom is 0.221 e. The largest absolute Gasteiger partial charge is 0.349 e. The van der Waals surface area contributed by atoms with E-state index >= 15 is 0 Å². The predicted octanol–water partition coefficient (Wildman–Crippen LogP) is 1.52. The topological polar surface area (TPSA) is 54.0 Å². The van der Waals surface area contributed by atoms with Crippen molar-refractivity contribution in [2.24, 2.45) is 5.92 Å². The molecule has 1 fully saturated rings. The third-order valence-electron chi connectivity index (χ3n) is 3.89. The minimum atomic E-state index is -1.18. The van der Waals surface area contributed by atoms with E-state index in [4.69, 9.17) is 18.9 Å². The highest BCUT2D eigenvalue weighted by atomic mass is 16.8. The Bertz CT molecular complexity index is 331. The van der Waals surface area contributed by atoms with Gasteiger partial charge in [-0.2, -0.15) is 0 Å². The van der Waals surface area contributed by atoms with Crippen LogP contribution in [0, 0.1) is 5.92 Å². The monoisotopic (exact) mass is 258 g/mol. The van der Waals surface area contributed by atoms with Crippen LogP contribution in [0.3, 0.4) is 0 Å². The highest BCUT2D eigenvalue weighted by molar-refractivity contribution is 5.64. The van der Waals surface area contributed by atoms with Crippen LogP contribution in [-0.2, 0) is 23.7 Å². The second-order valence-electron chi connectivity index (χ2n) is 4.79. The number of hydrogen-bond donors (Lipinski definition) is 0. The first kappa shape index (κ1) is 15.3. The minimum absolute atomic E-state index is 0.0903. The molecule has 0 radical (unpaired) electrons. The Kier molecular flexibility index (Phi) is 4.33. The molecule has 0 saturated carbocycles. The summed E-state index contributed by atoms with van der Waals surface area (Å²) in [5, 5.41) is 0. The lowest BCUT2D eigenvalue weighted by molar-refractivity contribution is -0.446. The molecule has 0 aromatic carbocycles. The van der Waals surface area contributed by atoms with Crippen molar-refractivity contribution >= 4 is 6.29 Å². The van der Waals surface area contributed by atoms with Crippen LogP contribution in [0.1, 0.15) is 20.8 Å². The van der Waals surface area contributed by atoms with Gasteiger partial charge in [-0.15, -0.1) is 6.58 Å². The van der Waals surface area contributed by atoms with Gasteiger partial charge in [-0.05, 0) is 13.8 Å². The first-order valence-corrected chi connectivity index (χ1v) is 5.86. The van der Waals surface area contributed by atoms with Crippen molar-refractivity contribution in [3.05, 3.63) is 12.7 Å². The van der Waals surface area contributed by atoms with Crippen LogP contribution in [-0.4, -0.2) is 44.3 Å². The summed E-state index contributed by atoms with van der Waals surface area (Å²) in [5.41, 5.74) is -1.11. The molecule has 1 aliphatic heterocycles. The fourth-order valence-electron chi connectivity index (χ4n) is 1.93. The summed E-state index contributed by atoms with van der Waals surface area (Å²) in [4.78, 5) is 11.4. The molecule has 0 aromatic rings. The number of hydrogen-bond acceptors (Lipinski definition) is 5. The van der Waals surface area contributed by atoms with Crippen molar-refractivity contribution in [2.45, 2.75) is 37.9 Å². The second-order valence-corrected chi connectivity index (χ2v) is 4.79. The van der Waals surface area contributed by atoms with Crippen molar-refractivity contribution in [1.29, 1.82) is 0 Å². The van der Waals surface area contributed by atoms with Crippen LogP contribution < -0.4 is 0 Å². The number of carbonyl (C=O) groups is 1. The Morgan fingerprint density at radius 1 is 1.28 bits per heavy atom. The van der Waals surface area contributed by atoms with Crippen LogP contribution in [0.15, 0.2) is 12.7 Å². The summed E-state index contributed by atoms with van der Waals surface area (Å²) in [6, 6.07) is 0. The zero-order chi connectivity index (χ0) is 14.0. The Morgan fingerprint density at radius 3 is 2.22 bits per heavy atom. The van der Waals surface area contributed by atoms with Crippen molar-refractivity contribution in [1.82, 2.24) is 0 Å². The first-order chi connectivity index (χ1) is 8.33. The Labute approximate surface area is 108 Å². The molecule has 0 N–H and O–H groups in total. The predicted molar refractivity (Wildman–Crippen MR) is 66.0 cm³/mol. The second kappa shape index (κ2) is 5.09. The lowest BCUT2D eigenvalue weighted by Crippen LogP contribution is -2.68. The Morgan fingerprint density at radius 2 is 1.83 bits per heavy atom. The van der Waals surface area contributed by atoms with Gasteiger partial charge in [-0.25, -0.2) is 0 Å². The van der Waals surface area contributed by atoms with E-state index in [9.17, 15) is 4.79 Å². The molecular formula is C13H22O5. The Balaban J connectivity index is 3.13. The van der Waals surface area contributed by atoms with Gasteiger partial charge in [0, 0.05) is 20.1 Å². The molecule has 1 heterocycles. The summed E-state index contributed by atoms with van der Waals surface area (Å²) in [5.74, 6) is -2.46. The molecule has 4 atom stereocenters. The molecule has 0 spiro atoms. The van der Waals surface area contributed by atoms with Crippen LogP contribution in [0.4, 0.5) is 0 Å².